The molecule has 0 saturated heterocycles. The zero-order valence-corrected chi connectivity index (χ0v) is 20.8. The maximum absolute atomic E-state index is 6.40. The molecule has 1 aliphatic carbocycles. The van der Waals surface area contributed by atoms with Crippen LogP contribution < -0.4 is 0 Å². The van der Waals surface area contributed by atoms with Crippen molar-refractivity contribution in [3.05, 3.63) is 0 Å². The van der Waals surface area contributed by atoms with Crippen molar-refractivity contribution in [2.24, 2.45) is 0 Å². The quantitative estimate of drug-likeness (QED) is 0.200. The van der Waals surface area contributed by atoms with E-state index < -0.39 is 18.4 Å². The second kappa shape index (κ2) is 14.7. The van der Waals surface area contributed by atoms with E-state index >= 15 is 0 Å². The number of unbranched alkanes of at least 4 members (excludes halogenated alkanes) is 3. The molecule has 0 bridgehead atoms. The predicted octanol–water partition coefficient (Wildman–Crippen LogP) is 6.66. The van der Waals surface area contributed by atoms with Crippen LogP contribution in [0.5, 0.6) is 0 Å². The van der Waals surface area contributed by atoms with E-state index in [1.807, 2.05) is 0 Å². The summed E-state index contributed by atoms with van der Waals surface area (Å²) in [5.41, 5.74) is 0. The molecular weight excluding hydrogens is 413 g/mol. The second-order valence-corrected chi connectivity index (χ2v) is 22.3. The van der Waals surface area contributed by atoms with Crippen molar-refractivity contribution < 1.29 is 4.74 Å². The summed E-state index contributed by atoms with van der Waals surface area (Å²) in [5, 5.41) is 0. The standard InChI is InChI=1S/C10H20NO.3C4H9.Sn/c1-11(8-9-12-2)10-6-4-3-5-7-10;3*1-3-4-2;/h10H,2-9H2,1H3;3*1,3-4H2,2H3;. The van der Waals surface area contributed by atoms with Crippen molar-refractivity contribution in [3.63, 3.8) is 0 Å². The Bertz CT molecular complexity index is 283. The summed E-state index contributed by atoms with van der Waals surface area (Å²) in [6.45, 7) is 9.18. The van der Waals surface area contributed by atoms with Crippen LogP contribution in [0.15, 0.2) is 0 Å². The molecule has 0 aromatic heterocycles. The summed E-state index contributed by atoms with van der Waals surface area (Å²) in [5.74, 6) is 0. The molecule has 0 N–H and O–H groups in total. The molecule has 1 rings (SSSR count). The molecule has 1 saturated carbocycles. The fourth-order valence-electron chi connectivity index (χ4n) is 4.45. The van der Waals surface area contributed by atoms with Crippen LogP contribution >= 0.6 is 0 Å². The van der Waals surface area contributed by atoms with Gasteiger partial charge in [-0.15, -0.1) is 0 Å². The van der Waals surface area contributed by atoms with Crippen LogP contribution in [-0.4, -0.2) is 54.1 Å². The summed E-state index contributed by atoms with van der Waals surface area (Å²) in [6, 6.07) is 0.825. The topological polar surface area (TPSA) is 12.5 Å². The normalized spacial score (nSPS) is 16.7. The monoisotopic (exact) mass is 461 g/mol. The van der Waals surface area contributed by atoms with Crippen LogP contribution in [0, 0.1) is 0 Å². The fourth-order valence-corrected chi connectivity index (χ4v) is 18.9. The van der Waals surface area contributed by atoms with E-state index in [0.717, 1.165) is 19.2 Å². The summed E-state index contributed by atoms with van der Waals surface area (Å²) >= 11 is -2.06. The van der Waals surface area contributed by atoms with E-state index in [1.54, 1.807) is 13.3 Å². The summed E-state index contributed by atoms with van der Waals surface area (Å²) in [4.78, 5) is 2.58. The molecule has 0 amide bonds. The summed E-state index contributed by atoms with van der Waals surface area (Å²) in [7, 11) is 2.32. The number of ether oxygens (including phenoxy) is 1. The second-order valence-electron chi connectivity index (χ2n) is 8.64. The molecular formula is C22H47NOSn. The van der Waals surface area contributed by atoms with Gasteiger partial charge in [0.25, 0.3) is 0 Å². The van der Waals surface area contributed by atoms with Crippen LogP contribution in [0.4, 0.5) is 0 Å². The van der Waals surface area contributed by atoms with Gasteiger partial charge in [0.1, 0.15) is 0 Å². The first kappa shape index (κ1) is 23.8. The van der Waals surface area contributed by atoms with Gasteiger partial charge < -0.3 is 0 Å². The first-order chi connectivity index (χ1) is 12.2. The van der Waals surface area contributed by atoms with Gasteiger partial charge in [-0.2, -0.15) is 0 Å². The van der Waals surface area contributed by atoms with E-state index in [0.29, 0.717) is 0 Å². The van der Waals surface area contributed by atoms with E-state index in [-0.39, 0.29) is 0 Å². The predicted molar refractivity (Wildman–Crippen MR) is 115 cm³/mol. The van der Waals surface area contributed by atoms with Gasteiger partial charge >= 0.3 is 164 Å². The molecule has 1 fully saturated rings. The van der Waals surface area contributed by atoms with Gasteiger partial charge in [-0.1, -0.05) is 0 Å². The Morgan fingerprint density at radius 3 is 1.84 bits per heavy atom. The molecule has 0 spiro atoms. The fraction of sp³-hybridized carbons (Fsp3) is 1.00. The van der Waals surface area contributed by atoms with Crippen molar-refractivity contribution in [2.45, 2.75) is 111 Å². The molecule has 0 aromatic rings. The molecule has 0 heterocycles. The van der Waals surface area contributed by atoms with Crippen LogP contribution in [0.3, 0.4) is 0 Å². The molecule has 150 valence electrons. The summed E-state index contributed by atoms with van der Waals surface area (Å²) in [6.07, 6.45) is 15.6. The van der Waals surface area contributed by atoms with Gasteiger partial charge in [0, 0.05) is 0 Å². The molecule has 1 aliphatic rings. The minimum absolute atomic E-state index is 0.825. The van der Waals surface area contributed by atoms with Gasteiger partial charge in [-0.3, -0.25) is 0 Å². The zero-order chi connectivity index (χ0) is 18.4. The Balaban J connectivity index is 2.42. The van der Waals surface area contributed by atoms with Gasteiger partial charge in [-0.25, -0.2) is 0 Å². The van der Waals surface area contributed by atoms with E-state index in [1.165, 1.54) is 75.3 Å². The van der Waals surface area contributed by atoms with Crippen LogP contribution in [0.1, 0.15) is 91.4 Å². The molecule has 0 aliphatic heterocycles. The summed E-state index contributed by atoms with van der Waals surface area (Å²) < 4.78 is 12.3. The number of hydrogen-bond acceptors (Lipinski definition) is 2. The van der Waals surface area contributed by atoms with Gasteiger partial charge in [0.15, 0.2) is 0 Å². The Hall–Kier alpha value is 0.719. The van der Waals surface area contributed by atoms with Crippen LogP contribution in [0.25, 0.3) is 0 Å². The first-order valence-electron chi connectivity index (χ1n) is 11.5. The van der Waals surface area contributed by atoms with E-state index in [4.69, 9.17) is 4.74 Å². The average Bonchev–Trinajstić information content (AvgIpc) is 2.66. The number of likely N-dealkylation sites (N-methyl/N-ethyl adjacent to an activating group) is 1. The zero-order valence-electron chi connectivity index (χ0n) is 18.0. The van der Waals surface area contributed by atoms with Crippen molar-refractivity contribution in [1.82, 2.24) is 4.90 Å². The third-order valence-electron chi connectivity index (χ3n) is 6.38. The van der Waals surface area contributed by atoms with Crippen LogP contribution in [-0.2, 0) is 4.74 Å². The first-order valence-corrected chi connectivity index (χ1v) is 19.5. The Labute approximate surface area is 163 Å². The molecule has 0 radical (unpaired) electrons. The third-order valence-corrected chi connectivity index (χ3v) is 20.8. The molecule has 0 aromatic carbocycles. The molecule has 25 heavy (non-hydrogen) atoms. The van der Waals surface area contributed by atoms with Crippen molar-refractivity contribution in [1.29, 1.82) is 0 Å². The van der Waals surface area contributed by atoms with Gasteiger partial charge in [0.2, 0.25) is 0 Å². The number of rotatable bonds is 15. The van der Waals surface area contributed by atoms with Crippen molar-refractivity contribution >= 4 is 18.4 Å². The van der Waals surface area contributed by atoms with E-state index in [9.17, 15) is 0 Å². The molecule has 0 unspecified atom stereocenters. The van der Waals surface area contributed by atoms with Crippen molar-refractivity contribution in [2.75, 3.05) is 24.8 Å². The van der Waals surface area contributed by atoms with Crippen LogP contribution in [0.2, 0.25) is 13.3 Å². The number of nitrogens with zero attached hydrogens (tertiary/aromatic N) is 1. The average molecular weight is 460 g/mol. The Morgan fingerprint density at radius 2 is 1.36 bits per heavy atom. The Morgan fingerprint density at radius 1 is 0.840 bits per heavy atom. The maximum atomic E-state index is 6.40. The number of hydrogen-bond donors (Lipinski definition) is 0. The van der Waals surface area contributed by atoms with Gasteiger partial charge in [0.05, 0.1) is 0 Å². The SMILES string of the molecule is CCC[CH2][Sn]([CH2]CCC)([CH2]CCC)[CH2]OCCN(C)C1CCCCC1. The van der Waals surface area contributed by atoms with E-state index in [2.05, 4.69) is 32.7 Å². The van der Waals surface area contributed by atoms with Crippen molar-refractivity contribution in [3.8, 4) is 0 Å². The Kier molecular flexibility index (Phi) is 14.0. The molecule has 3 heteroatoms. The third kappa shape index (κ3) is 10.0. The molecule has 0 atom stereocenters. The molecule has 2 nitrogen and oxygen atoms in total. The minimum atomic E-state index is -2.06. The van der Waals surface area contributed by atoms with Gasteiger partial charge in [-0.05, 0) is 0 Å².